The molecule has 1 aliphatic carbocycles. The maximum Gasteiger partial charge on any atom is 0.310 e. The Morgan fingerprint density at radius 3 is 2.20 bits per heavy atom. The fourth-order valence-electron chi connectivity index (χ4n) is 3.64. The molecule has 1 saturated heterocycles. The van der Waals surface area contributed by atoms with Crippen LogP contribution in [-0.4, -0.2) is 35.2 Å². The Bertz CT molecular complexity index is 426. The van der Waals surface area contributed by atoms with Crippen LogP contribution in [0.25, 0.3) is 0 Å². The molecule has 2 aliphatic heterocycles. The van der Waals surface area contributed by atoms with E-state index >= 15 is 0 Å². The van der Waals surface area contributed by atoms with Gasteiger partial charge >= 0.3 is 5.97 Å². The lowest BCUT2D eigenvalue weighted by atomic mass is 9.82. The largest absolute Gasteiger partial charge is 0.481 e. The first-order chi connectivity index (χ1) is 9.66. The van der Waals surface area contributed by atoms with E-state index in [0.717, 1.165) is 25.7 Å². The van der Waals surface area contributed by atoms with Gasteiger partial charge in [0.25, 0.3) is 0 Å². The van der Waals surface area contributed by atoms with Crippen molar-refractivity contribution in [3.05, 3.63) is 12.2 Å². The van der Waals surface area contributed by atoms with Crippen LogP contribution >= 0.6 is 0 Å². The summed E-state index contributed by atoms with van der Waals surface area (Å²) in [5, 5.41) is 12.4. The first-order valence-corrected chi connectivity index (χ1v) is 7.54. The predicted octanol–water partition coefficient (Wildman–Crippen LogP) is 1.48. The van der Waals surface area contributed by atoms with E-state index in [9.17, 15) is 14.7 Å². The third kappa shape index (κ3) is 2.46. The van der Waals surface area contributed by atoms with Crippen LogP contribution in [0.2, 0.25) is 0 Å². The Balaban J connectivity index is 1.66. The predicted molar refractivity (Wildman–Crippen MR) is 72.0 cm³/mol. The van der Waals surface area contributed by atoms with E-state index in [1.54, 1.807) is 6.08 Å². The molecule has 0 aromatic rings. The average Bonchev–Trinajstić information content (AvgIpc) is 2.93. The number of carboxylic acid groups (broad SMARTS) is 1. The van der Waals surface area contributed by atoms with Crippen LogP contribution in [0.3, 0.4) is 0 Å². The molecule has 0 aromatic carbocycles. The van der Waals surface area contributed by atoms with Crippen LogP contribution < -0.4 is 5.32 Å². The Hall–Kier alpha value is -1.36. The molecule has 2 heterocycles. The molecule has 0 radical (unpaired) electrons. The molecule has 5 nitrogen and oxygen atoms in total. The van der Waals surface area contributed by atoms with Crippen molar-refractivity contribution in [3.8, 4) is 0 Å². The molecule has 0 aromatic heterocycles. The number of carbonyl (C=O) groups excluding carboxylic acids is 1. The SMILES string of the molecule is O=C(O)[C@@H]1[C@@H](C(=O)NC2CCCCCC2)[C@@H]2C=C[C@@H]1O2. The molecular weight excluding hydrogens is 258 g/mol. The zero-order valence-corrected chi connectivity index (χ0v) is 11.5. The van der Waals surface area contributed by atoms with Gasteiger partial charge in [-0.25, -0.2) is 0 Å². The number of ether oxygens (including phenoxy) is 1. The summed E-state index contributed by atoms with van der Waals surface area (Å²) in [7, 11) is 0. The summed E-state index contributed by atoms with van der Waals surface area (Å²) in [6, 6.07) is 0.197. The van der Waals surface area contributed by atoms with Crippen LogP contribution in [-0.2, 0) is 14.3 Å². The number of amides is 1. The molecule has 1 amide bonds. The molecule has 110 valence electrons. The van der Waals surface area contributed by atoms with Gasteiger partial charge in [0.1, 0.15) is 5.92 Å². The minimum absolute atomic E-state index is 0.152. The zero-order chi connectivity index (χ0) is 14.1. The molecular formula is C15H21NO4. The summed E-state index contributed by atoms with van der Waals surface area (Å²) in [4.78, 5) is 23.8. The van der Waals surface area contributed by atoms with E-state index in [2.05, 4.69) is 5.32 Å². The smallest absolute Gasteiger partial charge is 0.310 e. The second-order valence-electron chi connectivity index (χ2n) is 6.04. The minimum atomic E-state index is -0.942. The summed E-state index contributed by atoms with van der Waals surface area (Å²) in [6.07, 6.45) is 9.51. The number of carboxylic acids is 1. The Kier molecular flexibility index (Phi) is 3.78. The number of aliphatic carboxylic acids is 1. The van der Waals surface area contributed by atoms with Gasteiger partial charge in [0.2, 0.25) is 5.91 Å². The van der Waals surface area contributed by atoms with Gasteiger partial charge in [-0.05, 0) is 12.8 Å². The van der Waals surface area contributed by atoms with E-state index in [4.69, 9.17) is 4.74 Å². The first-order valence-electron chi connectivity index (χ1n) is 7.54. The van der Waals surface area contributed by atoms with Crippen molar-refractivity contribution in [2.24, 2.45) is 11.8 Å². The van der Waals surface area contributed by atoms with E-state index < -0.39 is 23.9 Å². The topological polar surface area (TPSA) is 75.6 Å². The molecule has 2 N–H and O–H groups in total. The van der Waals surface area contributed by atoms with E-state index in [1.165, 1.54) is 12.8 Å². The molecule has 2 bridgehead atoms. The van der Waals surface area contributed by atoms with Crippen molar-refractivity contribution >= 4 is 11.9 Å². The van der Waals surface area contributed by atoms with E-state index in [-0.39, 0.29) is 18.1 Å². The quantitative estimate of drug-likeness (QED) is 0.606. The summed E-state index contributed by atoms with van der Waals surface area (Å²) >= 11 is 0. The first kappa shape index (κ1) is 13.6. The molecule has 2 fully saturated rings. The summed E-state index contributed by atoms with van der Waals surface area (Å²) in [5.41, 5.74) is 0. The highest BCUT2D eigenvalue weighted by atomic mass is 16.5. The van der Waals surface area contributed by atoms with Crippen molar-refractivity contribution in [1.29, 1.82) is 0 Å². The normalized spacial score (nSPS) is 36.8. The Morgan fingerprint density at radius 1 is 1.00 bits per heavy atom. The number of hydrogen-bond acceptors (Lipinski definition) is 3. The highest BCUT2D eigenvalue weighted by Gasteiger charge is 2.53. The van der Waals surface area contributed by atoms with E-state index in [1.807, 2.05) is 6.08 Å². The summed E-state index contributed by atoms with van der Waals surface area (Å²) < 4.78 is 5.54. The van der Waals surface area contributed by atoms with Gasteiger partial charge in [-0.15, -0.1) is 0 Å². The van der Waals surface area contributed by atoms with Gasteiger partial charge in [0.15, 0.2) is 0 Å². The highest BCUT2D eigenvalue weighted by molar-refractivity contribution is 5.87. The molecule has 5 heteroatoms. The summed E-state index contributed by atoms with van der Waals surface area (Å²) in [6.45, 7) is 0. The Morgan fingerprint density at radius 2 is 1.60 bits per heavy atom. The van der Waals surface area contributed by atoms with Crippen LogP contribution in [0.4, 0.5) is 0 Å². The van der Waals surface area contributed by atoms with Gasteiger partial charge in [-0.2, -0.15) is 0 Å². The molecule has 0 unspecified atom stereocenters. The third-order valence-corrected chi connectivity index (χ3v) is 4.69. The second kappa shape index (κ2) is 5.56. The molecule has 0 spiro atoms. The number of hydrogen-bond donors (Lipinski definition) is 2. The lowest BCUT2D eigenvalue weighted by Crippen LogP contribution is -2.46. The summed E-state index contributed by atoms with van der Waals surface area (Å²) in [5.74, 6) is -2.41. The van der Waals surface area contributed by atoms with Gasteiger partial charge in [0.05, 0.1) is 18.1 Å². The molecule has 20 heavy (non-hydrogen) atoms. The number of fused-ring (bicyclic) bond motifs is 2. The zero-order valence-electron chi connectivity index (χ0n) is 11.5. The van der Waals surface area contributed by atoms with Crippen LogP contribution in [0.1, 0.15) is 38.5 Å². The lowest BCUT2D eigenvalue weighted by Gasteiger charge is -2.24. The molecule has 3 aliphatic rings. The van der Waals surface area contributed by atoms with Crippen molar-refractivity contribution in [1.82, 2.24) is 5.32 Å². The second-order valence-corrected chi connectivity index (χ2v) is 6.04. The minimum Gasteiger partial charge on any atom is -0.481 e. The van der Waals surface area contributed by atoms with Crippen molar-refractivity contribution in [3.63, 3.8) is 0 Å². The van der Waals surface area contributed by atoms with Crippen LogP contribution in [0.15, 0.2) is 12.2 Å². The van der Waals surface area contributed by atoms with Crippen molar-refractivity contribution < 1.29 is 19.4 Å². The van der Waals surface area contributed by atoms with Gasteiger partial charge < -0.3 is 15.2 Å². The fraction of sp³-hybridized carbons (Fsp3) is 0.733. The Labute approximate surface area is 118 Å². The third-order valence-electron chi connectivity index (χ3n) is 4.69. The van der Waals surface area contributed by atoms with Crippen LogP contribution in [0, 0.1) is 11.8 Å². The van der Waals surface area contributed by atoms with Crippen molar-refractivity contribution in [2.75, 3.05) is 0 Å². The highest BCUT2D eigenvalue weighted by Crippen LogP contribution is 2.39. The molecule has 1 saturated carbocycles. The van der Waals surface area contributed by atoms with Gasteiger partial charge in [-0.3, -0.25) is 9.59 Å². The van der Waals surface area contributed by atoms with Crippen LogP contribution in [0.5, 0.6) is 0 Å². The fourth-order valence-corrected chi connectivity index (χ4v) is 3.64. The van der Waals surface area contributed by atoms with Gasteiger partial charge in [0, 0.05) is 6.04 Å². The van der Waals surface area contributed by atoms with E-state index in [0.29, 0.717) is 0 Å². The standard InChI is InChI=1S/C15H21NO4/c17-14(16-9-5-3-1-2-4-6-9)12-10-7-8-11(20-10)13(12)15(18)19/h7-13H,1-6H2,(H,16,17)(H,18,19)/t10-,11-,12-,13-/m0/s1. The number of rotatable bonds is 3. The van der Waals surface area contributed by atoms with Crippen molar-refractivity contribution in [2.45, 2.75) is 56.8 Å². The maximum atomic E-state index is 12.4. The van der Waals surface area contributed by atoms with Gasteiger partial charge in [-0.1, -0.05) is 37.8 Å². The molecule has 3 rings (SSSR count). The number of carbonyl (C=O) groups is 2. The maximum absolute atomic E-state index is 12.4. The lowest BCUT2D eigenvalue weighted by molar-refractivity contribution is -0.146. The monoisotopic (exact) mass is 279 g/mol. The average molecular weight is 279 g/mol. The number of nitrogens with one attached hydrogen (secondary N) is 1. The molecule has 4 atom stereocenters.